The minimum absolute atomic E-state index is 0.0114. The Balaban J connectivity index is 1.82. The number of nitrogens with one attached hydrogen (secondary N) is 1. The molecule has 0 saturated carbocycles. The SMILES string of the molecule is CN(C)c1ncc2c(n1)CCC[C@@H]2NC(=O)c1ccsc1. The standard InChI is InChI=1S/C15H18N4OS/c1-19(2)15-16-8-11-12(4-3-5-13(11)18-15)17-14(20)10-6-7-21-9-10/h6-9,12H,3-5H2,1-2H3,(H,17,20)/t12-/m0/s1. The summed E-state index contributed by atoms with van der Waals surface area (Å²) in [6.07, 6.45) is 4.78. The van der Waals surface area contributed by atoms with E-state index in [1.807, 2.05) is 42.0 Å². The Bertz CT molecular complexity index is 639. The molecule has 0 bridgehead atoms. The third-order valence-corrected chi connectivity index (χ3v) is 4.34. The molecule has 1 N–H and O–H groups in total. The van der Waals surface area contributed by atoms with Crippen LogP contribution in [0, 0.1) is 0 Å². The molecule has 1 atom stereocenters. The van der Waals surface area contributed by atoms with Crippen LogP contribution < -0.4 is 10.2 Å². The topological polar surface area (TPSA) is 58.1 Å². The average molecular weight is 302 g/mol. The molecule has 0 unspecified atom stereocenters. The van der Waals surface area contributed by atoms with Crippen LogP contribution in [0.5, 0.6) is 0 Å². The zero-order valence-electron chi connectivity index (χ0n) is 12.2. The highest BCUT2D eigenvalue weighted by atomic mass is 32.1. The normalized spacial score (nSPS) is 17.1. The first-order valence-electron chi connectivity index (χ1n) is 7.01. The zero-order chi connectivity index (χ0) is 14.8. The molecule has 0 aliphatic heterocycles. The van der Waals surface area contributed by atoms with Crippen molar-refractivity contribution >= 4 is 23.2 Å². The summed E-state index contributed by atoms with van der Waals surface area (Å²) in [4.78, 5) is 23.1. The summed E-state index contributed by atoms with van der Waals surface area (Å²) >= 11 is 1.53. The smallest absolute Gasteiger partial charge is 0.252 e. The number of thiophene rings is 1. The quantitative estimate of drug-likeness (QED) is 0.946. The molecule has 3 rings (SSSR count). The number of nitrogens with zero attached hydrogens (tertiary/aromatic N) is 3. The van der Waals surface area contributed by atoms with Crippen molar-refractivity contribution in [2.75, 3.05) is 19.0 Å². The molecule has 0 spiro atoms. The number of carbonyl (C=O) groups excluding carboxylic acids is 1. The molecule has 1 aliphatic carbocycles. The van der Waals surface area contributed by atoms with Gasteiger partial charge in [-0.15, -0.1) is 0 Å². The maximum absolute atomic E-state index is 12.2. The van der Waals surface area contributed by atoms with Gasteiger partial charge in [-0.2, -0.15) is 11.3 Å². The van der Waals surface area contributed by atoms with Gasteiger partial charge in [-0.1, -0.05) is 0 Å². The van der Waals surface area contributed by atoms with Crippen LogP contribution in [0.4, 0.5) is 5.95 Å². The lowest BCUT2D eigenvalue weighted by molar-refractivity contribution is 0.0933. The summed E-state index contributed by atoms with van der Waals surface area (Å²) in [5, 5.41) is 6.88. The summed E-state index contributed by atoms with van der Waals surface area (Å²) in [6.45, 7) is 0. The van der Waals surface area contributed by atoms with E-state index >= 15 is 0 Å². The second-order valence-corrected chi connectivity index (χ2v) is 6.18. The van der Waals surface area contributed by atoms with Gasteiger partial charge in [0.05, 0.1) is 17.3 Å². The van der Waals surface area contributed by atoms with Crippen LogP contribution in [-0.2, 0) is 6.42 Å². The van der Waals surface area contributed by atoms with Crippen molar-refractivity contribution in [1.82, 2.24) is 15.3 Å². The number of fused-ring (bicyclic) bond motifs is 1. The predicted octanol–water partition coefficient (Wildman–Crippen LogP) is 2.41. The number of hydrogen-bond acceptors (Lipinski definition) is 5. The van der Waals surface area contributed by atoms with Crippen molar-refractivity contribution in [3.8, 4) is 0 Å². The van der Waals surface area contributed by atoms with Crippen LogP contribution in [0.25, 0.3) is 0 Å². The number of anilines is 1. The van der Waals surface area contributed by atoms with Gasteiger partial charge >= 0.3 is 0 Å². The Kier molecular flexibility index (Phi) is 3.88. The number of rotatable bonds is 3. The van der Waals surface area contributed by atoms with Crippen LogP contribution in [0.3, 0.4) is 0 Å². The fourth-order valence-corrected chi connectivity index (χ4v) is 3.17. The fourth-order valence-electron chi connectivity index (χ4n) is 2.54. The molecule has 0 radical (unpaired) electrons. The van der Waals surface area contributed by atoms with E-state index < -0.39 is 0 Å². The lowest BCUT2D eigenvalue weighted by Gasteiger charge is -2.26. The third-order valence-electron chi connectivity index (χ3n) is 3.66. The predicted molar refractivity (Wildman–Crippen MR) is 83.8 cm³/mol. The average Bonchev–Trinajstić information content (AvgIpc) is 3.01. The van der Waals surface area contributed by atoms with E-state index in [2.05, 4.69) is 15.3 Å². The maximum atomic E-state index is 12.2. The molecular weight excluding hydrogens is 284 g/mol. The number of amides is 1. The van der Waals surface area contributed by atoms with Crippen molar-refractivity contribution in [3.63, 3.8) is 0 Å². The zero-order valence-corrected chi connectivity index (χ0v) is 13.0. The van der Waals surface area contributed by atoms with Crippen LogP contribution in [-0.4, -0.2) is 30.0 Å². The van der Waals surface area contributed by atoms with E-state index in [0.717, 1.165) is 42.0 Å². The van der Waals surface area contributed by atoms with Gasteiger partial charge in [-0.3, -0.25) is 4.79 Å². The van der Waals surface area contributed by atoms with Crippen LogP contribution >= 0.6 is 11.3 Å². The van der Waals surface area contributed by atoms with Gasteiger partial charge in [0.2, 0.25) is 5.95 Å². The number of aryl methyl sites for hydroxylation is 1. The van der Waals surface area contributed by atoms with Crippen LogP contribution in [0.2, 0.25) is 0 Å². The Morgan fingerprint density at radius 3 is 3.05 bits per heavy atom. The Labute approximate surface area is 128 Å². The first-order chi connectivity index (χ1) is 10.1. The molecule has 6 heteroatoms. The van der Waals surface area contributed by atoms with Gasteiger partial charge in [0.25, 0.3) is 5.91 Å². The molecule has 1 aliphatic rings. The molecular formula is C15H18N4OS. The highest BCUT2D eigenvalue weighted by molar-refractivity contribution is 7.08. The van der Waals surface area contributed by atoms with Crippen molar-refractivity contribution in [3.05, 3.63) is 39.8 Å². The molecule has 2 aromatic rings. The molecule has 110 valence electrons. The van der Waals surface area contributed by atoms with Gasteiger partial charge in [0.1, 0.15) is 0 Å². The van der Waals surface area contributed by atoms with E-state index in [0.29, 0.717) is 0 Å². The van der Waals surface area contributed by atoms with E-state index in [1.54, 1.807) is 0 Å². The molecule has 2 aromatic heterocycles. The second-order valence-electron chi connectivity index (χ2n) is 5.40. The van der Waals surface area contributed by atoms with Crippen LogP contribution in [0.1, 0.15) is 40.5 Å². The highest BCUT2D eigenvalue weighted by Crippen LogP contribution is 2.29. The molecule has 0 saturated heterocycles. The minimum atomic E-state index is -0.0224. The molecule has 2 heterocycles. The summed E-state index contributed by atoms with van der Waals surface area (Å²) in [5.41, 5.74) is 2.82. The van der Waals surface area contributed by atoms with Gasteiger partial charge in [0.15, 0.2) is 0 Å². The fraction of sp³-hybridized carbons (Fsp3) is 0.400. The number of hydrogen-bond donors (Lipinski definition) is 1. The Morgan fingerprint density at radius 1 is 1.48 bits per heavy atom. The molecule has 0 aromatic carbocycles. The number of carbonyl (C=O) groups is 1. The van der Waals surface area contributed by atoms with Gasteiger partial charge in [-0.05, 0) is 30.7 Å². The molecule has 5 nitrogen and oxygen atoms in total. The first-order valence-corrected chi connectivity index (χ1v) is 7.95. The largest absolute Gasteiger partial charge is 0.347 e. The first kappa shape index (κ1) is 14.0. The Hall–Kier alpha value is -1.95. The lowest BCUT2D eigenvalue weighted by atomic mass is 9.92. The summed E-state index contributed by atoms with van der Waals surface area (Å²) in [7, 11) is 3.86. The van der Waals surface area contributed by atoms with Gasteiger partial charge < -0.3 is 10.2 Å². The monoisotopic (exact) mass is 302 g/mol. The molecule has 21 heavy (non-hydrogen) atoms. The van der Waals surface area contributed by atoms with E-state index in [4.69, 9.17) is 0 Å². The summed E-state index contributed by atoms with van der Waals surface area (Å²) in [5.74, 6) is 0.698. The summed E-state index contributed by atoms with van der Waals surface area (Å²) in [6, 6.07) is 1.85. The third kappa shape index (κ3) is 2.90. The highest BCUT2D eigenvalue weighted by Gasteiger charge is 2.24. The van der Waals surface area contributed by atoms with Crippen molar-refractivity contribution in [2.24, 2.45) is 0 Å². The maximum Gasteiger partial charge on any atom is 0.252 e. The van der Waals surface area contributed by atoms with Gasteiger partial charge in [-0.25, -0.2) is 9.97 Å². The van der Waals surface area contributed by atoms with Crippen molar-refractivity contribution in [2.45, 2.75) is 25.3 Å². The lowest BCUT2D eigenvalue weighted by Crippen LogP contribution is -2.31. The van der Waals surface area contributed by atoms with Gasteiger partial charge in [0, 0.05) is 31.2 Å². The molecule has 1 amide bonds. The minimum Gasteiger partial charge on any atom is -0.347 e. The summed E-state index contributed by atoms with van der Waals surface area (Å²) < 4.78 is 0. The van der Waals surface area contributed by atoms with E-state index in [-0.39, 0.29) is 11.9 Å². The van der Waals surface area contributed by atoms with E-state index in [1.165, 1.54) is 11.3 Å². The van der Waals surface area contributed by atoms with E-state index in [9.17, 15) is 4.79 Å². The Morgan fingerprint density at radius 2 is 2.33 bits per heavy atom. The van der Waals surface area contributed by atoms with Crippen LogP contribution in [0.15, 0.2) is 23.0 Å². The molecule has 0 fully saturated rings. The second kappa shape index (κ2) is 5.81. The van der Waals surface area contributed by atoms with Crippen molar-refractivity contribution < 1.29 is 4.79 Å². The van der Waals surface area contributed by atoms with Crippen molar-refractivity contribution in [1.29, 1.82) is 0 Å². The number of aromatic nitrogens is 2.